The monoisotopic (exact) mass is 386 g/mol. The molecule has 2 aromatic rings. The van der Waals surface area contributed by atoms with Gasteiger partial charge in [0.05, 0.1) is 11.1 Å². The van der Waals surface area contributed by atoms with Gasteiger partial charge < -0.3 is 10.3 Å². The maximum atomic E-state index is 13.2. The highest BCUT2D eigenvalue weighted by Gasteiger charge is 2.38. The van der Waals surface area contributed by atoms with E-state index in [9.17, 15) is 26.3 Å². The van der Waals surface area contributed by atoms with Gasteiger partial charge >= 0.3 is 12.4 Å². The molecular weight excluding hydrogens is 374 g/mol. The Morgan fingerprint density at radius 1 is 1.17 bits per heavy atom. The van der Waals surface area contributed by atoms with Crippen molar-refractivity contribution in [3.8, 4) is 0 Å². The summed E-state index contributed by atoms with van der Waals surface area (Å²) >= 11 is 6.21. The molecule has 0 fully saturated rings. The van der Waals surface area contributed by atoms with Gasteiger partial charge in [0, 0.05) is 23.6 Å². The van der Waals surface area contributed by atoms with Crippen LogP contribution < -0.4 is 5.32 Å². The summed E-state index contributed by atoms with van der Waals surface area (Å²) in [5.41, 5.74) is -2.55. The number of halogens is 6. The van der Waals surface area contributed by atoms with Crippen molar-refractivity contribution in [1.82, 2.24) is 10.3 Å². The normalized spacial score (nSPS) is 12.6. The summed E-state index contributed by atoms with van der Waals surface area (Å²) in [6.07, 6.45) is -6.51. The molecule has 0 saturated heterocycles. The average molecular weight is 386 g/mol. The van der Waals surface area contributed by atoms with Gasteiger partial charge in [-0.3, -0.25) is 0 Å². The van der Waals surface area contributed by atoms with Crippen molar-refractivity contribution in [3.05, 3.63) is 35.0 Å². The summed E-state index contributed by atoms with van der Waals surface area (Å²) in [5, 5.41) is 2.61. The van der Waals surface area contributed by atoms with E-state index in [1.165, 1.54) is 18.0 Å². The number of fused-ring (bicyclic) bond motifs is 1. The van der Waals surface area contributed by atoms with Crippen LogP contribution in [-0.2, 0) is 18.8 Å². The Kier molecular flexibility index (Phi) is 5.38. The van der Waals surface area contributed by atoms with E-state index in [1.807, 2.05) is 0 Å². The highest BCUT2D eigenvalue weighted by molar-refractivity contribution is 8.22. The van der Waals surface area contributed by atoms with Crippen LogP contribution >= 0.6 is 24.0 Å². The van der Waals surface area contributed by atoms with Crippen LogP contribution in [0.2, 0.25) is 0 Å². The Balaban J connectivity index is 2.47. The number of hydrogen-bond acceptors (Lipinski definition) is 2. The van der Waals surface area contributed by atoms with Gasteiger partial charge in [-0.25, -0.2) is 0 Å². The Labute approximate surface area is 143 Å². The molecule has 2 nitrogen and oxygen atoms in total. The Morgan fingerprint density at radius 2 is 1.83 bits per heavy atom. The standard InChI is InChI=1S/C14H12F6N2S2/c1-24-12(23)21-3-2-7-6-22-10-5-8(13(15,16)17)4-9(11(7)10)14(18,19)20/h4-6,22H,2-3H2,1H3,(H,21,23). The maximum absolute atomic E-state index is 13.2. The van der Waals surface area contributed by atoms with Gasteiger partial charge in [-0.1, -0.05) is 12.2 Å². The van der Waals surface area contributed by atoms with E-state index in [2.05, 4.69) is 10.3 Å². The van der Waals surface area contributed by atoms with E-state index in [-0.39, 0.29) is 35.5 Å². The molecule has 0 atom stereocenters. The number of aromatic amines is 1. The van der Waals surface area contributed by atoms with Gasteiger partial charge in [0.2, 0.25) is 0 Å². The fourth-order valence-corrected chi connectivity index (χ4v) is 2.64. The van der Waals surface area contributed by atoms with Gasteiger partial charge in [0.1, 0.15) is 4.32 Å². The fraction of sp³-hybridized carbons (Fsp3) is 0.357. The third-order valence-electron chi connectivity index (χ3n) is 3.34. The van der Waals surface area contributed by atoms with Crippen molar-refractivity contribution in [3.63, 3.8) is 0 Å². The third kappa shape index (κ3) is 4.15. The lowest BCUT2D eigenvalue weighted by Crippen LogP contribution is -2.21. The molecule has 1 aromatic heterocycles. The first kappa shape index (κ1) is 18.9. The minimum Gasteiger partial charge on any atom is -0.371 e. The first-order chi connectivity index (χ1) is 11.0. The first-order valence-corrected chi connectivity index (χ1v) is 8.27. The topological polar surface area (TPSA) is 27.8 Å². The van der Waals surface area contributed by atoms with Crippen molar-refractivity contribution >= 4 is 39.2 Å². The number of alkyl halides is 6. The fourth-order valence-electron chi connectivity index (χ4n) is 2.29. The molecule has 0 saturated carbocycles. The number of nitrogens with one attached hydrogen (secondary N) is 2. The highest BCUT2D eigenvalue weighted by atomic mass is 32.2. The van der Waals surface area contributed by atoms with Crippen LogP contribution in [0.5, 0.6) is 0 Å². The summed E-state index contributed by atoms with van der Waals surface area (Å²) in [5.74, 6) is 0. The molecule has 0 aliphatic carbocycles. The van der Waals surface area contributed by atoms with Crippen LogP contribution in [-0.4, -0.2) is 22.1 Å². The van der Waals surface area contributed by atoms with Crippen LogP contribution in [0.3, 0.4) is 0 Å². The zero-order valence-electron chi connectivity index (χ0n) is 12.2. The molecule has 0 radical (unpaired) electrons. The second kappa shape index (κ2) is 6.83. The van der Waals surface area contributed by atoms with Gasteiger partial charge in [-0.15, -0.1) is 11.8 Å². The van der Waals surface area contributed by atoms with E-state index in [0.717, 1.165) is 0 Å². The second-order valence-corrected chi connectivity index (χ2v) is 6.41. The largest absolute Gasteiger partial charge is 0.417 e. The summed E-state index contributed by atoms with van der Waals surface area (Å²) in [6.45, 7) is 0.283. The molecule has 0 bridgehead atoms. The molecule has 0 spiro atoms. The predicted molar refractivity (Wildman–Crippen MR) is 86.1 cm³/mol. The maximum Gasteiger partial charge on any atom is 0.417 e. The Bertz CT molecular complexity index is 748. The SMILES string of the molecule is CSC(=S)NCCc1c[nH]c2cc(C(F)(F)F)cc(C(F)(F)F)c12. The minimum atomic E-state index is -4.89. The van der Waals surface area contributed by atoms with Gasteiger partial charge in [0.25, 0.3) is 0 Å². The average Bonchev–Trinajstić information content (AvgIpc) is 2.87. The molecule has 1 heterocycles. The van der Waals surface area contributed by atoms with Gasteiger partial charge in [-0.05, 0) is 30.4 Å². The molecule has 2 rings (SSSR count). The molecule has 0 aliphatic heterocycles. The van der Waals surface area contributed by atoms with E-state index < -0.39 is 23.5 Å². The Morgan fingerprint density at radius 3 is 2.38 bits per heavy atom. The van der Waals surface area contributed by atoms with Crippen molar-refractivity contribution in [2.45, 2.75) is 18.8 Å². The lowest BCUT2D eigenvalue weighted by Gasteiger charge is -2.14. The predicted octanol–water partition coefficient (Wildman–Crippen LogP) is 4.99. The molecular formula is C14H12F6N2S2. The molecule has 10 heteroatoms. The van der Waals surface area contributed by atoms with Gasteiger partial charge in [0.15, 0.2) is 0 Å². The van der Waals surface area contributed by atoms with Crippen LogP contribution in [0.15, 0.2) is 18.3 Å². The van der Waals surface area contributed by atoms with Crippen molar-refractivity contribution in [2.24, 2.45) is 0 Å². The number of thioether (sulfide) groups is 1. The third-order valence-corrected chi connectivity index (χ3v) is 4.50. The lowest BCUT2D eigenvalue weighted by molar-refractivity contribution is -0.142. The molecule has 0 amide bonds. The quantitative estimate of drug-likeness (QED) is 0.575. The van der Waals surface area contributed by atoms with Crippen molar-refractivity contribution < 1.29 is 26.3 Å². The summed E-state index contributed by atoms with van der Waals surface area (Å²) in [7, 11) is 0. The van der Waals surface area contributed by atoms with Gasteiger partial charge in [-0.2, -0.15) is 26.3 Å². The van der Waals surface area contributed by atoms with Crippen LogP contribution in [0.25, 0.3) is 10.9 Å². The smallest absolute Gasteiger partial charge is 0.371 e. The zero-order valence-corrected chi connectivity index (χ0v) is 13.9. The van der Waals surface area contributed by atoms with E-state index >= 15 is 0 Å². The van der Waals surface area contributed by atoms with E-state index in [4.69, 9.17) is 12.2 Å². The number of benzene rings is 1. The molecule has 2 N–H and O–H groups in total. The Hall–Kier alpha value is -1.42. The van der Waals surface area contributed by atoms with Crippen LogP contribution in [0.1, 0.15) is 16.7 Å². The number of hydrogen-bond donors (Lipinski definition) is 2. The van der Waals surface area contributed by atoms with Crippen LogP contribution in [0.4, 0.5) is 26.3 Å². The molecule has 0 unspecified atom stereocenters. The van der Waals surface area contributed by atoms with Crippen LogP contribution in [0, 0.1) is 0 Å². The van der Waals surface area contributed by atoms with E-state index in [0.29, 0.717) is 10.4 Å². The highest BCUT2D eigenvalue weighted by Crippen LogP contribution is 2.41. The second-order valence-electron chi connectivity index (χ2n) is 4.92. The molecule has 1 aromatic carbocycles. The summed E-state index contributed by atoms with van der Waals surface area (Å²) in [6, 6.07) is 0.841. The van der Waals surface area contributed by atoms with Crippen molar-refractivity contribution in [2.75, 3.05) is 12.8 Å². The summed E-state index contributed by atoms with van der Waals surface area (Å²) in [4.78, 5) is 2.50. The molecule has 0 aliphatic rings. The first-order valence-electron chi connectivity index (χ1n) is 6.64. The molecule has 24 heavy (non-hydrogen) atoms. The summed E-state index contributed by atoms with van der Waals surface area (Å²) < 4.78 is 78.6. The number of H-pyrrole nitrogens is 1. The van der Waals surface area contributed by atoms with Crippen molar-refractivity contribution in [1.29, 1.82) is 0 Å². The lowest BCUT2D eigenvalue weighted by atomic mass is 10.0. The molecule has 132 valence electrons. The number of aromatic nitrogens is 1. The number of thiocarbonyl (C=S) groups is 1. The zero-order chi connectivity index (χ0) is 18.1. The minimum absolute atomic E-state index is 0.152. The van der Waals surface area contributed by atoms with E-state index in [1.54, 1.807) is 6.26 Å². The number of rotatable bonds is 3.